The van der Waals surface area contributed by atoms with Crippen molar-refractivity contribution in [3.05, 3.63) is 48.9 Å². The minimum absolute atomic E-state index is 1.03. The molecule has 1 nitrogen and oxygen atoms in total. The SMILES string of the molecule is C=CCCCCc1occ2ccccc12. The lowest BCUT2D eigenvalue weighted by molar-refractivity contribution is 0.504. The van der Waals surface area contributed by atoms with Crippen LogP contribution in [0.5, 0.6) is 0 Å². The van der Waals surface area contributed by atoms with Crippen LogP contribution in [-0.4, -0.2) is 0 Å². The first-order chi connectivity index (χ1) is 7.42. The number of benzene rings is 1. The number of rotatable bonds is 5. The zero-order chi connectivity index (χ0) is 10.5. The normalized spacial score (nSPS) is 10.7. The molecule has 2 rings (SSSR count). The quantitative estimate of drug-likeness (QED) is 0.517. The average molecular weight is 200 g/mol. The highest BCUT2D eigenvalue weighted by atomic mass is 16.3. The lowest BCUT2D eigenvalue weighted by Gasteiger charge is -1.96. The molecule has 0 aliphatic carbocycles. The summed E-state index contributed by atoms with van der Waals surface area (Å²) in [6.07, 6.45) is 8.31. The van der Waals surface area contributed by atoms with E-state index in [2.05, 4.69) is 24.8 Å². The molecule has 2 aromatic rings. The van der Waals surface area contributed by atoms with E-state index in [1.807, 2.05) is 18.4 Å². The van der Waals surface area contributed by atoms with Gasteiger partial charge >= 0.3 is 0 Å². The number of hydrogen-bond donors (Lipinski definition) is 0. The molecule has 78 valence electrons. The number of hydrogen-bond acceptors (Lipinski definition) is 1. The second-order valence-corrected chi connectivity index (χ2v) is 3.78. The van der Waals surface area contributed by atoms with Crippen molar-refractivity contribution in [1.29, 1.82) is 0 Å². The first-order valence-electron chi connectivity index (χ1n) is 5.48. The van der Waals surface area contributed by atoms with Crippen molar-refractivity contribution in [1.82, 2.24) is 0 Å². The Labute approximate surface area is 90.4 Å². The molecule has 0 saturated carbocycles. The van der Waals surface area contributed by atoms with Crippen molar-refractivity contribution >= 4 is 10.8 Å². The maximum atomic E-state index is 5.57. The van der Waals surface area contributed by atoms with Gasteiger partial charge in [-0.25, -0.2) is 0 Å². The molecule has 15 heavy (non-hydrogen) atoms. The van der Waals surface area contributed by atoms with Crippen molar-refractivity contribution in [2.24, 2.45) is 0 Å². The third-order valence-electron chi connectivity index (χ3n) is 2.65. The number of fused-ring (bicyclic) bond motifs is 1. The Hall–Kier alpha value is -1.50. The van der Waals surface area contributed by atoms with E-state index in [-0.39, 0.29) is 0 Å². The second kappa shape index (κ2) is 4.83. The standard InChI is InChI=1S/C14H16O/c1-2-3-4-5-10-14-13-9-7-6-8-12(13)11-15-14/h2,6-9,11H,1,3-5,10H2. The highest BCUT2D eigenvalue weighted by Crippen LogP contribution is 2.22. The van der Waals surface area contributed by atoms with E-state index in [1.165, 1.54) is 23.6 Å². The highest BCUT2D eigenvalue weighted by molar-refractivity contribution is 5.83. The van der Waals surface area contributed by atoms with Gasteiger partial charge in [-0.1, -0.05) is 30.3 Å². The molecular formula is C14H16O. The van der Waals surface area contributed by atoms with Crippen molar-refractivity contribution in [3.63, 3.8) is 0 Å². The lowest BCUT2D eigenvalue weighted by Crippen LogP contribution is -1.82. The number of unbranched alkanes of at least 4 members (excludes halogenated alkanes) is 2. The molecule has 0 fully saturated rings. The Balaban J connectivity index is 2.05. The van der Waals surface area contributed by atoms with Gasteiger partial charge in [0.05, 0.1) is 6.26 Å². The molecule has 1 heteroatoms. The first kappa shape index (κ1) is 10.0. The molecule has 0 spiro atoms. The summed E-state index contributed by atoms with van der Waals surface area (Å²) in [5, 5.41) is 2.47. The fourth-order valence-corrected chi connectivity index (χ4v) is 1.82. The van der Waals surface area contributed by atoms with E-state index in [4.69, 9.17) is 4.42 Å². The number of allylic oxidation sites excluding steroid dienone is 1. The van der Waals surface area contributed by atoms with Crippen LogP contribution in [0.1, 0.15) is 25.0 Å². The van der Waals surface area contributed by atoms with Crippen LogP contribution < -0.4 is 0 Å². The van der Waals surface area contributed by atoms with Gasteiger partial charge in [0.1, 0.15) is 5.76 Å². The third kappa shape index (κ3) is 2.30. The van der Waals surface area contributed by atoms with Gasteiger partial charge in [0, 0.05) is 17.2 Å². The van der Waals surface area contributed by atoms with Crippen molar-refractivity contribution in [3.8, 4) is 0 Å². The molecule has 1 heterocycles. The molecule has 0 aliphatic heterocycles. The molecule has 1 aromatic heterocycles. The van der Waals surface area contributed by atoms with Gasteiger partial charge in [0.2, 0.25) is 0 Å². The van der Waals surface area contributed by atoms with Crippen molar-refractivity contribution < 1.29 is 4.42 Å². The Morgan fingerprint density at radius 3 is 2.93 bits per heavy atom. The van der Waals surface area contributed by atoms with E-state index in [9.17, 15) is 0 Å². The van der Waals surface area contributed by atoms with Gasteiger partial charge in [-0.2, -0.15) is 0 Å². The van der Waals surface area contributed by atoms with Crippen molar-refractivity contribution in [2.75, 3.05) is 0 Å². The minimum atomic E-state index is 1.03. The van der Waals surface area contributed by atoms with Crippen LogP contribution in [0, 0.1) is 0 Å². The fourth-order valence-electron chi connectivity index (χ4n) is 1.82. The Morgan fingerprint density at radius 1 is 1.20 bits per heavy atom. The summed E-state index contributed by atoms with van der Waals surface area (Å²) in [5.74, 6) is 1.12. The minimum Gasteiger partial charge on any atom is -0.468 e. The zero-order valence-electron chi connectivity index (χ0n) is 8.91. The van der Waals surface area contributed by atoms with E-state index < -0.39 is 0 Å². The molecule has 0 saturated heterocycles. The van der Waals surface area contributed by atoms with Gasteiger partial charge < -0.3 is 4.42 Å². The molecule has 0 amide bonds. The number of furan rings is 1. The molecule has 0 bridgehead atoms. The van der Waals surface area contributed by atoms with Crippen LogP contribution >= 0.6 is 0 Å². The second-order valence-electron chi connectivity index (χ2n) is 3.78. The maximum absolute atomic E-state index is 5.57. The van der Waals surface area contributed by atoms with Gasteiger partial charge in [-0.15, -0.1) is 6.58 Å². The van der Waals surface area contributed by atoms with Gasteiger partial charge in [0.15, 0.2) is 0 Å². The summed E-state index contributed by atoms with van der Waals surface area (Å²) in [6, 6.07) is 8.32. The van der Waals surface area contributed by atoms with Gasteiger partial charge in [0.25, 0.3) is 0 Å². The summed E-state index contributed by atoms with van der Waals surface area (Å²) in [7, 11) is 0. The van der Waals surface area contributed by atoms with Crippen LogP contribution in [0.2, 0.25) is 0 Å². The monoisotopic (exact) mass is 200 g/mol. The molecular weight excluding hydrogens is 184 g/mol. The van der Waals surface area contributed by atoms with Gasteiger partial charge in [-0.3, -0.25) is 0 Å². The number of aryl methyl sites for hydroxylation is 1. The fraction of sp³-hybridized carbons (Fsp3) is 0.286. The van der Waals surface area contributed by atoms with Crippen LogP contribution in [-0.2, 0) is 6.42 Å². The zero-order valence-corrected chi connectivity index (χ0v) is 8.91. The molecule has 0 N–H and O–H groups in total. The smallest absolute Gasteiger partial charge is 0.111 e. The lowest BCUT2D eigenvalue weighted by atomic mass is 10.1. The summed E-state index contributed by atoms with van der Waals surface area (Å²) >= 11 is 0. The van der Waals surface area contributed by atoms with E-state index >= 15 is 0 Å². The molecule has 1 aromatic carbocycles. The Bertz CT molecular complexity index is 439. The first-order valence-corrected chi connectivity index (χ1v) is 5.48. The predicted octanol–water partition coefficient (Wildman–Crippen LogP) is 4.33. The molecule has 0 aliphatic rings. The average Bonchev–Trinajstić information content (AvgIpc) is 2.68. The summed E-state index contributed by atoms with van der Waals surface area (Å²) in [4.78, 5) is 0. The third-order valence-corrected chi connectivity index (χ3v) is 2.65. The highest BCUT2D eigenvalue weighted by Gasteiger charge is 2.04. The van der Waals surface area contributed by atoms with E-state index in [0.29, 0.717) is 0 Å². The molecule has 0 atom stereocenters. The summed E-state index contributed by atoms with van der Waals surface area (Å²) in [6.45, 7) is 3.72. The Kier molecular flexibility index (Phi) is 3.23. The van der Waals surface area contributed by atoms with Crippen LogP contribution in [0.3, 0.4) is 0 Å². The Morgan fingerprint density at radius 2 is 2.07 bits per heavy atom. The van der Waals surface area contributed by atoms with Crippen LogP contribution in [0.15, 0.2) is 47.6 Å². The molecule has 0 radical (unpaired) electrons. The van der Waals surface area contributed by atoms with E-state index in [0.717, 1.165) is 18.6 Å². The topological polar surface area (TPSA) is 13.1 Å². The summed E-state index contributed by atoms with van der Waals surface area (Å²) < 4.78 is 5.57. The molecule has 0 unspecified atom stereocenters. The summed E-state index contributed by atoms with van der Waals surface area (Å²) in [5.41, 5.74) is 0. The van der Waals surface area contributed by atoms with Crippen molar-refractivity contribution in [2.45, 2.75) is 25.7 Å². The van der Waals surface area contributed by atoms with E-state index in [1.54, 1.807) is 0 Å². The maximum Gasteiger partial charge on any atom is 0.111 e. The van der Waals surface area contributed by atoms with Crippen LogP contribution in [0.4, 0.5) is 0 Å². The van der Waals surface area contributed by atoms with Crippen LogP contribution in [0.25, 0.3) is 10.8 Å². The predicted molar refractivity (Wildman–Crippen MR) is 64.0 cm³/mol. The largest absolute Gasteiger partial charge is 0.468 e. The van der Waals surface area contributed by atoms with Gasteiger partial charge in [-0.05, 0) is 19.3 Å².